The molecule has 2 aromatic heterocycles. The van der Waals surface area contributed by atoms with Crippen molar-refractivity contribution in [2.24, 2.45) is 11.8 Å². The second-order valence-electron chi connectivity index (χ2n) is 9.01. The fourth-order valence-corrected chi connectivity index (χ4v) is 5.20. The van der Waals surface area contributed by atoms with Crippen molar-refractivity contribution in [2.45, 2.75) is 52.0 Å². The van der Waals surface area contributed by atoms with Gasteiger partial charge in [0, 0.05) is 50.3 Å². The van der Waals surface area contributed by atoms with E-state index in [2.05, 4.69) is 34.1 Å². The van der Waals surface area contributed by atoms with Crippen LogP contribution in [-0.2, 0) is 17.6 Å². The van der Waals surface area contributed by atoms with Crippen LogP contribution in [0.15, 0.2) is 12.3 Å². The van der Waals surface area contributed by atoms with Crippen LogP contribution in [0.2, 0.25) is 0 Å². The van der Waals surface area contributed by atoms with Crippen molar-refractivity contribution in [1.82, 2.24) is 24.8 Å². The molecule has 0 saturated carbocycles. The predicted molar refractivity (Wildman–Crippen MR) is 113 cm³/mol. The van der Waals surface area contributed by atoms with Gasteiger partial charge in [-0.25, -0.2) is 4.98 Å². The summed E-state index contributed by atoms with van der Waals surface area (Å²) in [5.41, 5.74) is 3.39. The lowest BCUT2D eigenvalue weighted by molar-refractivity contribution is -0.140. The summed E-state index contributed by atoms with van der Waals surface area (Å²) < 4.78 is 1.97. The lowest BCUT2D eigenvalue weighted by Crippen LogP contribution is -2.58. The minimum atomic E-state index is 0.103. The molecular weight excluding hydrogens is 364 g/mol. The first-order chi connectivity index (χ1) is 14.2. The molecule has 3 aliphatic rings. The first-order valence-corrected chi connectivity index (χ1v) is 11.3. The predicted octanol–water partition coefficient (Wildman–Crippen LogP) is 1.89. The van der Waals surface area contributed by atoms with Crippen LogP contribution >= 0.6 is 0 Å². The van der Waals surface area contributed by atoms with Gasteiger partial charge in [0.15, 0.2) is 5.65 Å². The van der Waals surface area contributed by atoms with Crippen LogP contribution in [0.5, 0.6) is 0 Å². The van der Waals surface area contributed by atoms with Crippen molar-refractivity contribution in [1.29, 1.82) is 0 Å². The van der Waals surface area contributed by atoms with Crippen molar-refractivity contribution < 1.29 is 4.79 Å². The van der Waals surface area contributed by atoms with Crippen LogP contribution in [0.25, 0.3) is 5.65 Å². The number of carbonyl (C=O) groups excluding carboxylic acids is 1. The zero-order chi connectivity index (χ0) is 20.0. The minimum absolute atomic E-state index is 0.103. The Morgan fingerprint density at radius 1 is 1.21 bits per heavy atom. The number of hydrogen-bond acceptors (Lipinski definition) is 5. The number of piperidine rings is 1. The molecular formula is C22H32N6O. The van der Waals surface area contributed by atoms with Crippen LogP contribution in [0.3, 0.4) is 0 Å². The number of amides is 1. The Kier molecular flexibility index (Phi) is 4.94. The van der Waals surface area contributed by atoms with Crippen molar-refractivity contribution in [3.63, 3.8) is 0 Å². The van der Waals surface area contributed by atoms with Crippen molar-refractivity contribution >= 4 is 17.4 Å². The average Bonchev–Trinajstić information content (AvgIpc) is 3.03. The van der Waals surface area contributed by atoms with Crippen molar-refractivity contribution in [2.75, 3.05) is 37.6 Å². The summed E-state index contributed by atoms with van der Waals surface area (Å²) in [4.78, 5) is 22.6. The second-order valence-corrected chi connectivity index (χ2v) is 9.01. The smallest absolute Gasteiger partial charge is 0.229 e. The molecule has 0 aromatic carbocycles. The van der Waals surface area contributed by atoms with Gasteiger partial charge < -0.3 is 15.1 Å². The molecule has 5 heterocycles. The number of anilines is 1. The number of hydrogen-bond donors (Lipinski definition) is 1. The van der Waals surface area contributed by atoms with Crippen LogP contribution in [-0.4, -0.2) is 64.2 Å². The molecule has 0 bridgehead atoms. The highest BCUT2D eigenvalue weighted by Gasteiger charge is 2.40. The Bertz CT molecular complexity index is 902. The maximum atomic E-state index is 13.2. The molecule has 0 spiro atoms. The summed E-state index contributed by atoms with van der Waals surface area (Å²) in [5.74, 6) is 2.27. The fraction of sp³-hybridized carbons (Fsp3) is 0.682. The molecule has 3 aliphatic heterocycles. The average molecular weight is 397 g/mol. The van der Waals surface area contributed by atoms with Gasteiger partial charge in [-0.15, -0.1) is 0 Å². The molecule has 0 aliphatic carbocycles. The first-order valence-electron chi connectivity index (χ1n) is 11.3. The van der Waals surface area contributed by atoms with E-state index in [4.69, 9.17) is 4.98 Å². The largest absolute Gasteiger partial charge is 0.354 e. The van der Waals surface area contributed by atoms with E-state index in [1.807, 2.05) is 16.8 Å². The summed E-state index contributed by atoms with van der Waals surface area (Å²) >= 11 is 0. The molecule has 2 atom stereocenters. The number of rotatable bonds is 3. The molecule has 1 N–H and O–H groups in total. The standard InChI is InChI=1S/C22H32N6O/c1-3-16-5-4-15(2)27(12-16)22(29)17-13-26(14-17)21-18-6-9-23-10-7-19(18)25-20-8-11-24-28(20)21/h8,11,15-17,23H,3-7,9-10,12-14H2,1-2H3. The highest BCUT2D eigenvalue weighted by molar-refractivity contribution is 5.82. The van der Waals surface area contributed by atoms with Gasteiger partial charge in [-0.2, -0.15) is 9.61 Å². The van der Waals surface area contributed by atoms with Gasteiger partial charge in [0.25, 0.3) is 0 Å². The highest BCUT2D eigenvalue weighted by atomic mass is 16.2. The molecule has 5 rings (SSSR count). The highest BCUT2D eigenvalue weighted by Crippen LogP contribution is 2.33. The Labute approximate surface area is 172 Å². The van der Waals surface area contributed by atoms with Gasteiger partial charge in [-0.05, 0) is 38.6 Å². The van der Waals surface area contributed by atoms with Gasteiger partial charge in [0.2, 0.25) is 5.91 Å². The van der Waals surface area contributed by atoms with E-state index in [0.29, 0.717) is 17.9 Å². The molecule has 29 heavy (non-hydrogen) atoms. The molecule has 7 heteroatoms. The maximum absolute atomic E-state index is 13.2. The Morgan fingerprint density at radius 3 is 2.86 bits per heavy atom. The number of aromatic nitrogens is 3. The molecule has 2 saturated heterocycles. The molecule has 2 aromatic rings. The van der Waals surface area contributed by atoms with Crippen LogP contribution in [0.4, 0.5) is 5.82 Å². The minimum Gasteiger partial charge on any atom is -0.354 e. The number of carbonyl (C=O) groups is 1. The fourth-order valence-electron chi connectivity index (χ4n) is 5.20. The van der Waals surface area contributed by atoms with E-state index < -0.39 is 0 Å². The first kappa shape index (κ1) is 18.9. The van der Waals surface area contributed by atoms with E-state index in [-0.39, 0.29) is 5.92 Å². The van der Waals surface area contributed by atoms with Gasteiger partial charge in [0.05, 0.1) is 17.8 Å². The zero-order valence-corrected chi connectivity index (χ0v) is 17.6. The molecule has 7 nitrogen and oxygen atoms in total. The molecule has 2 fully saturated rings. The lowest BCUT2D eigenvalue weighted by Gasteiger charge is -2.46. The third-order valence-corrected chi connectivity index (χ3v) is 7.15. The van der Waals surface area contributed by atoms with E-state index in [9.17, 15) is 4.79 Å². The Balaban J connectivity index is 1.37. The molecule has 0 radical (unpaired) electrons. The number of fused-ring (bicyclic) bond motifs is 2. The zero-order valence-electron chi connectivity index (χ0n) is 17.6. The van der Waals surface area contributed by atoms with Crippen LogP contribution < -0.4 is 10.2 Å². The SMILES string of the molecule is CCC1CCC(C)N(C(=O)C2CN(c3c4c(nc5ccnn35)CCNCC4)C2)C1. The van der Waals surface area contributed by atoms with E-state index in [1.54, 1.807) is 0 Å². The second kappa shape index (κ2) is 7.59. The summed E-state index contributed by atoms with van der Waals surface area (Å²) in [7, 11) is 0. The molecule has 2 unspecified atom stereocenters. The third-order valence-electron chi connectivity index (χ3n) is 7.15. The quantitative estimate of drug-likeness (QED) is 0.858. The van der Waals surface area contributed by atoms with Crippen LogP contribution in [0, 0.1) is 11.8 Å². The summed E-state index contributed by atoms with van der Waals surface area (Å²) in [6, 6.07) is 2.35. The topological polar surface area (TPSA) is 65.8 Å². The van der Waals surface area contributed by atoms with E-state index >= 15 is 0 Å². The van der Waals surface area contributed by atoms with Gasteiger partial charge in [-0.3, -0.25) is 4.79 Å². The Hall–Kier alpha value is -2.15. The summed E-state index contributed by atoms with van der Waals surface area (Å²) in [6.45, 7) is 8.91. The summed E-state index contributed by atoms with van der Waals surface area (Å²) in [6.07, 6.45) is 7.30. The lowest BCUT2D eigenvalue weighted by atomic mass is 9.89. The third kappa shape index (κ3) is 3.29. The normalized spacial score (nSPS) is 25.6. The van der Waals surface area contributed by atoms with Crippen molar-refractivity contribution in [3.05, 3.63) is 23.5 Å². The van der Waals surface area contributed by atoms with Gasteiger partial charge in [0.1, 0.15) is 5.82 Å². The van der Waals surface area contributed by atoms with Crippen LogP contribution in [0.1, 0.15) is 44.4 Å². The Morgan fingerprint density at radius 2 is 2.03 bits per heavy atom. The van der Waals surface area contributed by atoms with E-state index in [1.165, 1.54) is 24.1 Å². The number of nitrogens with zero attached hydrogens (tertiary/aromatic N) is 5. The van der Waals surface area contributed by atoms with E-state index in [0.717, 1.165) is 63.5 Å². The molecule has 156 valence electrons. The maximum Gasteiger partial charge on any atom is 0.229 e. The van der Waals surface area contributed by atoms with Gasteiger partial charge >= 0.3 is 0 Å². The number of likely N-dealkylation sites (tertiary alicyclic amines) is 1. The molecule has 1 amide bonds. The number of nitrogens with one attached hydrogen (secondary N) is 1. The summed E-state index contributed by atoms with van der Waals surface area (Å²) in [5, 5.41) is 8.03. The monoisotopic (exact) mass is 396 g/mol. The van der Waals surface area contributed by atoms with Crippen molar-refractivity contribution in [3.8, 4) is 0 Å². The van der Waals surface area contributed by atoms with Gasteiger partial charge in [-0.1, -0.05) is 13.3 Å².